The highest BCUT2D eigenvalue weighted by Crippen LogP contribution is 2.61. The van der Waals surface area contributed by atoms with E-state index in [0.717, 1.165) is 93.9 Å². The van der Waals surface area contributed by atoms with Gasteiger partial charge < -0.3 is 33.3 Å². The summed E-state index contributed by atoms with van der Waals surface area (Å²) >= 11 is 0. The molecule has 2 spiro atoms. The predicted octanol–water partition coefficient (Wildman–Crippen LogP) is 11.0. The van der Waals surface area contributed by atoms with Crippen LogP contribution in [-0.2, 0) is 48.5 Å². The molecule has 2 saturated heterocycles. The molecule has 3 aromatic carbocycles. The number of aromatic nitrogens is 3. The molecule has 4 atom stereocenters. The van der Waals surface area contributed by atoms with Gasteiger partial charge in [0.1, 0.15) is 28.2 Å². The quantitative estimate of drug-likeness (QED) is 0.0374. The van der Waals surface area contributed by atoms with Gasteiger partial charge in [0.25, 0.3) is 10.1 Å². The summed E-state index contributed by atoms with van der Waals surface area (Å²) in [6.45, 7) is 29.1. The fourth-order valence-corrected chi connectivity index (χ4v) is 14.0. The third-order valence-electron chi connectivity index (χ3n) is 17.7. The van der Waals surface area contributed by atoms with E-state index < -0.39 is 26.9 Å². The second-order valence-electron chi connectivity index (χ2n) is 27.3. The Kier molecular flexibility index (Phi) is 16.0. The van der Waals surface area contributed by atoms with Crippen LogP contribution < -0.4 is 4.74 Å². The number of fused-ring (bicyclic) bond motifs is 2. The summed E-state index contributed by atoms with van der Waals surface area (Å²) in [5.41, 5.74) is 6.53. The lowest BCUT2D eigenvalue weighted by molar-refractivity contribution is -0.00608. The van der Waals surface area contributed by atoms with Crippen molar-refractivity contribution in [3.63, 3.8) is 0 Å². The smallest absolute Gasteiger partial charge is 0.410 e. The fourth-order valence-electron chi connectivity index (χ4n) is 13.6. The van der Waals surface area contributed by atoms with Crippen molar-refractivity contribution in [3.8, 4) is 16.9 Å². The molecule has 5 fully saturated rings. The van der Waals surface area contributed by atoms with Crippen LogP contribution in [0.5, 0.6) is 5.75 Å². The minimum absolute atomic E-state index is 0.0507. The SMILES string of the molecule is Cc1nn(C)c(C)c1-c1c(C)c([C@H]2CC2CC2CC23CN(C(=O)OC(C)(C)C)CCN3CCOS(C)(=O)=O)cc2c(CCCOc3cccc4ccccc34)c(C(=O)OC(C)(C)C)n(CCN3CCN(C(=O)OC(C)(C)C)CC34CC4)c12. The first-order valence-corrected chi connectivity index (χ1v) is 31.6. The van der Waals surface area contributed by atoms with Gasteiger partial charge in [-0.3, -0.25) is 18.7 Å². The summed E-state index contributed by atoms with van der Waals surface area (Å²) < 4.78 is 58.5. The maximum absolute atomic E-state index is 15.4. The van der Waals surface area contributed by atoms with Crippen molar-refractivity contribution in [2.75, 3.05) is 71.8 Å². The van der Waals surface area contributed by atoms with Crippen LogP contribution in [-0.4, -0.2) is 160 Å². The third-order valence-corrected chi connectivity index (χ3v) is 18.3. The van der Waals surface area contributed by atoms with Gasteiger partial charge in [0, 0.05) is 105 Å². The van der Waals surface area contributed by atoms with Crippen LogP contribution >= 0.6 is 0 Å². The molecule has 17 nitrogen and oxygen atoms in total. The number of piperazine rings is 2. The largest absolute Gasteiger partial charge is 0.493 e. The highest BCUT2D eigenvalue weighted by Gasteiger charge is 2.62. The summed E-state index contributed by atoms with van der Waals surface area (Å²) in [7, 11) is -1.63. The number of rotatable bonds is 17. The minimum atomic E-state index is -3.63. The lowest BCUT2D eigenvalue weighted by atomic mass is 9.88. The molecule has 2 aliphatic heterocycles. The summed E-state index contributed by atoms with van der Waals surface area (Å²) in [5, 5.41) is 8.22. The van der Waals surface area contributed by atoms with Gasteiger partial charge in [0.15, 0.2) is 0 Å². The van der Waals surface area contributed by atoms with E-state index in [0.29, 0.717) is 90.0 Å². The molecule has 5 aliphatic rings. The second-order valence-corrected chi connectivity index (χ2v) is 29.0. The zero-order valence-electron chi connectivity index (χ0n) is 51.2. The lowest BCUT2D eigenvalue weighted by Gasteiger charge is -2.43. The molecule has 82 heavy (non-hydrogen) atoms. The first kappa shape index (κ1) is 59.5. The van der Waals surface area contributed by atoms with Gasteiger partial charge in [-0.05, 0) is 180 Å². The molecule has 10 rings (SSSR count). The van der Waals surface area contributed by atoms with E-state index in [4.69, 9.17) is 28.2 Å². The van der Waals surface area contributed by atoms with Gasteiger partial charge in [-0.15, -0.1) is 0 Å². The fraction of sp³-hybridized carbons (Fsp3) is 0.625. The van der Waals surface area contributed by atoms with E-state index >= 15 is 4.79 Å². The minimum Gasteiger partial charge on any atom is -0.493 e. The Balaban J connectivity index is 1.04. The summed E-state index contributed by atoms with van der Waals surface area (Å²) in [6, 6.07) is 16.8. The number of esters is 1. The van der Waals surface area contributed by atoms with E-state index in [9.17, 15) is 18.0 Å². The highest BCUT2D eigenvalue weighted by atomic mass is 32.2. The van der Waals surface area contributed by atoms with Crippen molar-refractivity contribution in [3.05, 3.63) is 82.3 Å². The summed E-state index contributed by atoms with van der Waals surface area (Å²) in [6.07, 6.45) is 6.44. The Hall–Kier alpha value is -5.69. The molecule has 446 valence electrons. The average molecular weight is 1150 g/mol. The van der Waals surface area contributed by atoms with Crippen molar-refractivity contribution >= 4 is 49.9 Å². The molecular formula is C64H89N7O10S. The molecule has 3 aliphatic carbocycles. The number of carbonyl (C=O) groups excluding carboxylic acids is 3. The summed E-state index contributed by atoms with van der Waals surface area (Å²) in [4.78, 5) is 51.0. The Morgan fingerprint density at radius 3 is 2.02 bits per heavy atom. The molecule has 3 unspecified atom stereocenters. The Morgan fingerprint density at radius 2 is 1.39 bits per heavy atom. The van der Waals surface area contributed by atoms with Crippen LogP contribution in [0.4, 0.5) is 9.59 Å². The molecule has 5 aromatic rings. The lowest BCUT2D eigenvalue weighted by Crippen LogP contribution is -2.58. The van der Waals surface area contributed by atoms with Gasteiger partial charge in [-0.2, -0.15) is 13.5 Å². The van der Waals surface area contributed by atoms with E-state index in [1.807, 2.05) is 108 Å². The van der Waals surface area contributed by atoms with Crippen LogP contribution in [0, 0.1) is 32.6 Å². The van der Waals surface area contributed by atoms with Gasteiger partial charge in [-0.25, -0.2) is 14.4 Å². The molecule has 0 bridgehead atoms. The number of aryl methyl sites for hydroxylation is 3. The number of benzene rings is 3. The second kappa shape index (κ2) is 22.1. The van der Waals surface area contributed by atoms with E-state index in [2.05, 4.69) is 59.4 Å². The Bertz CT molecular complexity index is 3370. The van der Waals surface area contributed by atoms with Gasteiger partial charge in [0.2, 0.25) is 0 Å². The zero-order chi connectivity index (χ0) is 59.1. The predicted molar refractivity (Wildman–Crippen MR) is 319 cm³/mol. The number of carbonyl (C=O) groups is 3. The Labute approximate surface area is 486 Å². The maximum Gasteiger partial charge on any atom is 0.410 e. The van der Waals surface area contributed by atoms with Gasteiger partial charge in [0.05, 0.1) is 30.7 Å². The number of nitrogens with zero attached hydrogens (tertiary/aromatic N) is 7. The molecule has 3 saturated carbocycles. The van der Waals surface area contributed by atoms with Gasteiger partial charge in [-0.1, -0.05) is 36.4 Å². The van der Waals surface area contributed by atoms with Crippen LogP contribution in [0.2, 0.25) is 0 Å². The van der Waals surface area contributed by atoms with Crippen LogP contribution in [0.15, 0.2) is 48.5 Å². The molecular weight excluding hydrogens is 1060 g/mol. The van der Waals surface area contributed by atoms with E-state index in [1.54, 1.807) is 0 Å². The molecule has 2 aromatic heterocycles. The third kappa shape index (κ3) is 12.7. The molecule has 0 N–H and O–H groups in total. The van der Waals surface area contributed by atoms with Crippen LogP contribution in [0.3, 0.4) is 0 Å². The topological polar surface area (TPSA) is 167 Å². The van der Waals surface area contributed by atoms with Crippen molar-refractivity contribution in [2.45, 2.75) is 168 Å². The Morgan fingerprint density at radius 1 is 0.744 bits per heavy atom. The monoisotopic (exact) mass is 1150 g/mol. The van der Waals surface area contributed by atoms with Crippen molar-refractivity contribution in [2.24, 2.45) is 18.9 Å². The molecule has 2 amide bonds. The van der Waals surface area contributed by atoms with Crippen LogP contribution in [0.25, 0.3) is 32.8 Å². The summed E-state index contributed by atoms with van der Waals surface area (Å²) in [5.74, 6) is 1.32. The van der Waals surface area contributed by atoms with Crippen molar-refractivity contribution in [1.82, 2.24) is 33.9 Å². The number of ether oxygens (including phenoxy) is 4. The first-order valence-electron chi connectivity index (χ1n) is 29.8. The standard InChI is InChI=1S/C64H89N7O10S/c1-41-49(50-36-45(50)35-46-38-64(46)40-68(59(74)81-62(10,11)12)27-29-70(64)32-34-78-82(14,75)76)37-51-48(22-18-33-77-52-23-17-20-44-19-15-16-21-47(44)52)56(57(72)79-60(4,5)6)71(55(51)53(41)54-42(2)65-66(13)43(54)3)31-30-69-28-26-67(39-63(69)24-25-63)58(73)80-61(7,8)9/h15-17,19-21,23,37,45-46,50H,18,22,24-36,38-40H2,1-14H3/t45?,46?,50-,64?/m0/s1. The van der Waals surface area contributed by atoms with Gasteiger partial charge >= 0.3 is 18.2 Å². The normalized spacial score (nSPS) is 22.1. The van der Waals surface area contributed by atoms with Crippen molar-refractivity contribution < 1.29 is 45.9 Å². The maximum atomic E-state index is 15.4. The average Bonchev–Trinajstić information content (AvgIpc) is 4.47. The molecule has 0 radical (unpaired) electrons. The molecule has 18 heteroatoms. The number of hydrogen-bond acceptors (Lipinski definition) is 13. The van der Waals surface area contributed by atoms with E-state index in [-0.39, 0.29) is 47.7 Å². The highest BCUT2D eigenvalue weighted by molar-refractivity contribution is 7.86. The van der Waals surface area contributed by atoms with Crippen molar-refractivity contribution in [1.29, 1.82) is 0 Å². The van der Waals surface area contributed by atoms with E-state index in [1.165, 1.54) is 11.1 Å². The first-order chi connectivity index (χ1) is 38.4. The van der Waals surface area contributed by atoms with Crippen LogP contribution in [0.1, 0.15) is 145 Å². The number of amides is 2. The molecule has 4 heterocycles. The zero-order valence-corrected chi connectivity index (χ0v) is 52.0. The number of hydrogen-bond donors (Lipinski definition) is 0.